The van der Waals surface area contributed by atoms with Gasteiger partial charge in [-0.25, -0.2) is 14.5 Å². The van der Waals surface area contributed by atoms with Crippen molar-refractivity contribution in [3.05, 3.63) is 90.8 Å². The summed E-state index contributed by atoms with van der Waals surface area (Å²) in [7, 11) is 0. The predicted octanol–water partition coefficient (Wildman–Crippen LogP) is 4.53. The quantitative estimate of drug-likeness (QED) is 0.325. The second-order valence-electron chi connectivity index (χ2n) is 8.69. The molecule has 0 unspecified atom stereocenters. The number of pyridine rings is 1. The Morgan fingerprint density at radius 3 is 2.51 bits per heavy atom. The molecule has 37 heavy (non-hydrogen) atoms. The van der Waals surface area contributed by atoms with Gasteiger partial charge < -0.3 is 14.4 Å². The van der Waals surface area contributed by atoms with Gasteiger partial charge in [0.2, 0.25) is 5.82 Å². The third-order valence-electron chi connectivity index (χ3n) is 6.15. The first-order valence-electron chi connectivity index (χ1n) is 11.7. The largest absolute Gasteiger partial charge is 0.506 e. The van der Waals surface area contributed by atoms with Gasteiger partial charge in [-0.15, -0.1) is 0 Å². The van der Waals surface area contributed by atoms with Crippen LogP contribution in [0.1, 0.15) is 5.56 Å². The minimum atomic E-state index is -1.23. The molecule has 4 heterocycles. The Morgan fingerprint density at radius 2 is 1.78 bits per heavy atom. The molecule has 1 fully saturated rings. The summed E-state index contributed by atoms with van der Waals surface area (Å²) in [5.74, 6) is 1.53. The highest BCUT2D eigenvalue weighted by molar-refractivity contribution is 5.78. The van der Waals surface area contributed by atoms with Crippen molar-refractivity contribution in [1.29, 1.82) is 0 Å². The molecule has 1 aliphatic rings. The lowest BCUT2D eigenvalue weighted by Gasteiger charge is -2.37. The topological polar surface area (TPSA) is 119 Å². The van der Waals surface area contributed by atoms with E-state index in [1.54, 1.807) is 17.1 Å². The summed E-state index contributed by atoms with van der Waals surface area (Å²) in [5.41, 5.74) is 4.40. The van der Waals surface area contributed by atoms with Crippen molar-refractivity contribution in [2.45, 2.75) is 12.6 Å². The van der Waals surface area contributed by atoms with E-state index >= 15 is 0 Å². The molecule has 1 N–H and O–H groups in total. The minimum Gasteiger partial charge on any atom is -0.450 e. The Hall–Kier alpha value is -4.83. The molecular formula is C27H22N6O4. The number of benzene rings is 2. The van der Waals surface area contributed by atoms with Crippen LogP contribution in [0.15, 0.2) is 89.7 Å². The molecule has 1 saturated heterocycles. The number of aromatic nitrogens is 5. The van der Waals surface area contributed by atoms with Gasteiger partial charge in [-0.05, 0) is 17.7 Å². The van der Waals surface area contributed by atoms with Gasteiger partial charge in [0.1, 0.15) is 6.10 Å². The third kappa shape index (κ3) is 4.69. The van der Waals surface area contributed by atoms with Gasteiger partial charge in [0.15, 0.2) is 5.82 Å². The Bertz CT molecular complexity index is 1510. The maximum absolute atomic E-state index is 10.6. The maximum atomic E-state index is 10.6. The smallest absolute Gasteiger partial charge is 0.450 e. The molecule has 10 heteroatoms. The Morgan fingerprint density at radius 1 is 1.00 bits per heavy atom. The zero-order chi connectivity index (χ0) is 25.2. The third-order valence-corrected chi connectivity index (χ3v) is 6.15. The molecule has 0 saturated carbocycles. The van der Waals surface area contributed by atoms with E-state index in [0.717, 1.165) is 22.4 Å². The fourth-order valence-electron chi connectivity index (χ4n) is 4.37. The van der Waals surface area contributed by atoms with Crippen LogP contribution in [0.2, 0.25) is 0 Å². The van der Waals surface area contributed by atoms with E-state index in [2.05, 4.69) is 25.1 Å². The average Bonchev–Trinajstić information content (AvgIpc) is 3.56. The lowest BCUT2D eigenvalue weighted by molar-refractivity contribution is -0.0363. The van der Waals surface area contributed by atoms with Gasteiger partial charge in [0.05, 0.1) is 17.5 Å². The van der Waals surface area contributed by atoms with Crippen molar-refractivity contribution in [1.82, 2.24) is 29.8 Å². The Kier molecular flexibility index (Phi) is 5.91. The summed E-state index contributed by atoms with van der Waals surface area (Å²) in [5, 5.41) is 17.5. The number of hydrogen-bond donors (Lipinski definition) is 1. The van der Waals surface area contributed by atoms with Gasteiger partial charge in [0, 0.05) is 37.0 Å². The van der Waals surface area contributed by atoms with Crippen molar-refractivity contribution in [3.63, 3.8) is 0 Å². The van der Waals surface area contributed by atoms with E-state index < -0.39 is 6.16 Å². The van der Waals surface area contributed by atoms with Gasteiger partial charge >= 0.3 is 6.16 Å². The predicted molar refractivity (Wildman–Crippen MR) is 134 cm³/mol. The molecular weight excluding hydrogens is 472 g/mol. The van der Waals surface area contributed by atoms with Crippen LogP contribution in [0.4, 0.5) is 4.79 Å². The van der Waals surface area contributed by atoms with Crippen LogP contribution in [0.5, 0.6) is 0 Å². The maximum Gasteiger partial charge on any atom is 0.506 e. The highest BCUT2D eigenvalue weighted by atomic mass is 16.7. The highest BCUT2D eigenvalue weighted by Gasteiger charge is 2.29. The van der Waals surface area contributed by atoms with Crippen molar-refractivity contribution < 1.29 is 19.2 Å². The van der Waals surface area contributed by atoms with Gasteiger partial charge in [-0.1, -0.05) is 65.8 Å². The van der Waals surface area contributed by atoms with Gasteiger partial charge in [0.25, 0.3) is 5.89 Å². The van der Waals surface area contributed by atoms with Gasteiger partial charge in [-0.2, -0.15) is 10.1 Å². The molecule has 0 bridgehead atoms. The van der Waals surface area contributed by atoms with E-state index in [0.29, 0.717) is 42.7 Å². The number of carbonyl (C=O) groups is 1. The number of rotatable bonds is 7. The van der Waals surface area contributed by atoms with Crippen LogP contribution < -0.4 is 0 Å². The molecule has 184 valence electrons. The van der Waals surface area contributed by atoms with Crippen LogP contribution in [0, 0.1) is 0 Å². The second kappa shape index (κ2) is 9.67. The number of ether oxygens (including phenoxy) is 1. The van der Waals surface area contributed by atoms with Crippen molar-refractivity contribution >= 4 is 6.16 Å². The van der Waals surface area contributed by atoms with Crippen LogP contribution >= 0.6 is 0 Å². The van der Waals surface area contributed by atoms with Crippen LogP contribution in [0.25, 0.3) is 39.9 Å². The zero-order valence-corrected chi connectivity index (χ0v) is 19.6. The second-order valence-corrected chi connectivity index (χ2v) is 8.69. The Balaban J connectivity index is 1.24. The molecule has 0 aliphatic carbocycles. The summed E-state index contributed by atoms with van der Waals surface area (Å²) in [6.07, 6.45) is 1.96. The van der Waals surface area contributed by atoms with E-state index in [4.69, 9.17) is 14.4 Å². The van der Waals surface area contributed by atoms with Crippen molar-refractivity contribution in [2.24, 2.45) is 0 Å². The highest BCUT2D eigenvalue weighted by Crippen LogP contribution is 2.33. The van der Waals surface area contributed by atoms with E-state index in [-0.39, 0.29) is 6.10 Å². The fourth-order valence-corrected chi connectivity index (χ4v) is 4.37. The molecule has 3 aromatic heterocycles. The monoisotopic (exact) mass is 494 g/mol. The first-order valence-corrected chi connectivity index (χ1v) is 11.7. The molecule has 0 amide bonds. The summed E-state index contributed by atoms with van der Waals surface area (Å²) in [6.45, 7) is 1.90. The summed E-state index contributed by atoms with van der Waals surface area (Å²) >= 11 is 0. The zero-order valence-electron chi connectivity index (χ0n) is 19.6. The van der Waals surface area contributed by atoms with Crippen LogP contribution in [-0.2, 0) is 11.3 Å². The summed E-state index contributed by atoms with van der Waals surface area (Å²) < 4.78 is 12.2. The first kappa shape index (κ1) is 22.6. The average molecular weight is 495 g/mol. The molecule has 0 atom stereocenters. The number of nitrogens with zero attached hydrogens (tertiary/aromatic N) is 6. The molecule has 2 aromatic carbocycles. The standard InChI is InChI=1S/C27H22N6O4/c34-27(35)36-21-16-32(17-21)15-18-9-11-20(12-10-18)25-30-26(37-31-25)22-14-29-33(23-8-4-5-13-28-23)24(22)19-6-2-1-3-7-19/h1-14,21H,15-17H2,(H,34,35). The van der Waals surface area contributed by atoms with E-state index in [1.165, 1.54) is 0 Å². The molecule has 0 spiro atoms. The molecule has 10 nitrogen and oxygen atoms in total. The van der Waals surface area contributed by atoms with E-state index in [1.807, 2.05) is 72.8 Å². The molecule has 1 aliphatic heterocycles. The van der Waals surface area contributed by atoms with Gasteiger partial charge in [-0.3, -0.25) is 4.90 Å². The Labute approximate surface area is 211 Å². The van der Waals surface area contributed by atoms with Crippen LogP contribution in [-0.4, -0.2) is 60.3 Å². The number of likely N-dealkylation sites (tertiary alicyclic amines) is 1. The number of carboxylic acid groups (broad SMARTS) is 1. The summed E-state index contributed by atoms with van der Waals surface area (Å²) in [4.78, 5) is 21.9. The lowest BCUT2D eigenvalue weighted by Crippen LogP contribution is -2.52. The molecule has 6 rings (SSSR count). The SMILES string of the molecule is O=C(O)OC1CN(Cc2ccc(-c3noc(-c4cnn(-c5ccccn5)c4-c4ccccc4)n3)cc2)C1. The molecule has 0 radical (unpaired) electrons. The fraction of sp³-hybridized carbons (Fsp3) is 0.148. The molecule has 5 aromatic rings. The minimum absolute atomic E-state index is 0.252. The lowest BCUT2D eigenvalue weighted by atomic mass is 10.1. The normalized spacial score (nSPS) is 13.8. The van der Waals surface area contributed by atoms with Crippen molar-refractivity contribution in [3.8, 4) is 39.9 Å². The first-order chi connectivity index (χ1) is 18.1. The van der Waals surface area contributed by atoms with E-state index in [9.17, 15) is 4.79 Å². The van der Waals surface area contributed by atoms with Crippen molar-refractivity contribution in [2.75, 3.05) is 13.1 Å². The number of hydrogen-bond acceptors (Lipinski definition) is 8. The summed E-state index contributed by atoms with van der Waals surface area (Å²) in [6, 6.07) is 23.5. The van der Waals surface area contributed by atoms with Crippen LogP contribution in [0.3, 0.4) is 0 Å².